The number of hydrogen-bond acceptors (Lipinski definition) is 5. The fourth-order valence-electron chi connectivity index (χ4n) is 5.66. The van der Waals surface area contributed by atoms with Crippen LogP contribution < -0.4 is 4.74 Å². The van der Waals surface area contributed by atoms with Gasteiger partial charge in [-0.1, -0.05) is 54.0 Å². The number of benzene rings is 4. The number of carbonyl (C=O) groups is 2. The lowest BCUT2D eigenvalue weighted by Crippen LogP contribution is -2.23. The minimum absolute atomic E-state index is 0.0516. The van der Waals surface area contributed by atoms with Gasteiger partial charge in [0.25, 0.3) is 0 Å². The van der Waals surface area contributed by atoms with E-state index in [1.54, 1.807) is 30.3 Å². The molecule has 280 valence electrons. The molecule has 52 heavy (non-hydrogen) atoms. The average Bonchev–Trinajstić information content (AvgIpc) is 3.11. The lowest BCUT2D eigenvalue weighted by molar-refractivity contribution is -0.146. The molecule has 0 radical (unpaired) electrons. The van der Waals surface area contributed by atoms with E-state index < -0.39 is 35.4 Å². The Kier molecular flexibility index (Phi) is 15.2. The third-order valence-corrected chi connectivity index (χ3v) is 8.75. The Hall–Kier alpha value is -4.52. The van der Waals surface area contributed by atoms with Crippen LogP contribution in [-0.2, 0) is 52.4 Å². The van der Waals surface area contributed by atoms with Gasteiger partial charge in [-0.05, 0) is 121 Å². The number of ether oxygens (including phenoxy) is 2. The number of aliphatic carboxylic acids is 1. The van der Waals surface area contributed by atoms with Crippen molar-refractivity contribution in [3.63, 3.8) is 0 Å². The fourth-order valence-corrected chi connectivity index (χ4v) is 6.06. The molecule has 13 heteroatoms. The molecule has 2 aliphatic carbocycles. The Morgan fingerprint density at radius 3 is 1.77 bits per heavy atom. The summed E-state index contributed by atoms with van der Waals surface area (Å²) < 4.78 is 84.8. The number of fused-ring (bicyclic) bond motifs is 2. The molecule has 2 atom stereocenters. The molecular formula is C39H39BrF6O6. The van der Waals surface area contributed by atoms with Crippen LogP contribution in [-0.4, -0.2) is 29.3 Å². The monoisotopic (exact) mass is 796 g/mol. The molecule has 0 spiro atoms. The van der Waals surface area contributed by atoms with Gasteiger partial charge in [-0.2, -0.15) is 26.3 Å². The van der Waals surface area contributed by atoms with E-state index in [4.69, 9.17) is 14.6 Å². The van der Waals surface area contributed by atoms with Gasteiger partial charge in [-0.25, -0.2) is 0 Å². The summed E-state index contributed by atoms with van der Waals surface area (Å²) in [5.74, 6) is -0.701. The van der Waals surface area contributed by atoms with E-state index in [0.29, 0.717) is 35.9 Å². The van der Waals surface area contributed by atoms with Crippen LogP contribution in [0.15, 0.2) is 89.4 Å². The highest BCUT2D eigenvalue weighted by Crippen LogP contribution is 2.35. The third kappa shape index (κ3) is 12.3. The molecule has 0 aromatic heterocycles. The van der Waals surface area contributed by atoms with Crippen LogP contribution in [0.25, 0.3) is 0 Å². The van der Waals surface area contributed by atoms with Crippen LogP contribution in [0.3, 0.4) is 0 Å². The van der Waals surface area contributed by atoms with Crippen molar-refractivity contribution in [1.29, 1.82) is 0 Å². The van der Waals surface area contributed by atoms with E-state index >= 15 is 0 Å². The molecule has 6 nitrogen and oxygen atoms in total. The number of rotatable bonds is 4. The maximum Gasteiger partial charge on any atom is 0.416 e. The molecule has 2 aliphatic rings. The van der Waals surface area contributed by atoms with Crippen molar-refractivity contribution in [1.82, 2.24) is 0 Å². The van der Waals surface area contributed by atoms with E-state index in [1.165, 1.54) is 30.9 Å². The van der Waals surface area contributed by atoms with Crippen molar-refractivity contribution in [2.24, 2.45) is 11.8 Å². The lowest BCUT2D eigenvalue weighted by Gasteiger charge is -2.22. The van der Waals surface area contributed by atoms with Gasteiger partial charge < -0.3 is 19.7 Å². The Morgan fingerprint density at radius 2 is 1.21 bits per heavy atom. The van der Waals surface area contributed by atoms with Crippen LogP contribution in [0, 0.1) is 11.8 Å². The van der Waals surface area contributed by atoms with Gasteiger partial charge in [-0.3, -0.25) is 9.59 Å². The molecule has 0 heterocycles. The van der Waals surface area contributed by atoms with Crippen LogP contribution >= 0.6 is 15.9 Å². The Bertz CT molecular complexity index is 1810. The number of esters is 1. The number of phenols is 1. The third-order valence-electron chi connectivity index (χ3n) is 8.26. The van der Waals surface area contributed by atoms with Crippen LogP contribution in [0.1, 0.15) is 60.1 Å². The summed E-state index contributed by atoms with van der Waals surface area (Å²) in [6.07, 6.45) is -4.60. The van der Waals surface area contributed by atoms with Crippen molar-refractivity contribution in [2.45, 2.75) is 64.7 Å². The minimum Gasteiger partial charge on any atom is -0.508 e. The first-order chi connectivity index (χ1) is 24.5. The summed E-state index contributed by atoms with van der Waals surface area (Å²) in [5.41, 5.74) is 2.82. The van der Waals surface area contributed by atoms with Gasteiger partial charge in [0.15, 0.2) is 0 Å². The van der Waals surface area contributed by atoms with E-state index in [9.17, 15) is 41.0 Å². The molecular weight excluding hydrogens is 758 g/mol. The SMILES string of the molecule is CC.COC(=O)C1CCc2ccc(O)cc2C1.FC(F)(F)c1cccc(Br)c1.O=C(O)C1CCc2ccc(Oc3cccc(C(F)(F)F)c3)cc2C1. The number of alkyl halides is 6. The highest BCUT2D eigenvalue weighted by atomic mass is 79.9. The quantitative estimate of drug-likeness (QED) is 0.158. The first-order valence-corrected chi connectivity index (χ1v) is 17.2. The normalized spacial score (nSPS) is 16.1. The predicted octanol–water partition coefficient (Wildman–Crippen LogP) is 10.9. The Labute approximate surface area is 306 Å². The standard InChI is InChI=1S/C18H15F3O3.C12H14O3.C7H4BrF3.C2H6/c19-18(20,21)14-2-1-3-15(10-14)24-16-7-6-11-4-5-12(17(22)23)8-13(11)9-16;1-15-12(14)9-3-2-8-4-5-11(13)7-10(8)6-9;8-6-3-1-2-5(4-6)7(9,10)11;1-2/h1-3,6-7,9-10,12H,4-5,8H2,(H,22,23);4-5,7,9,13H,2-3,6H2,1H3;1-4H;1-2H3. The largest absolute Gasteiger partial charge is 0.508 e. The summed E-state index contributed by atoms with van der Waals surface area (Å²) in [7, 11) is 1.42. The molecule has 2 unspecified atom stereocenters. The lowest BCUT2D eigenvalue weighted by atomic mass is 9.84. The number of aryl methyl sites for hydroxylation is 2. The van der Waals surface area contributed by atoms with Gasteiger partial charge in [0.05, 0.1) is 30.1 Å². The van der Waals surface area contributed by atoms with E-state index in [0.717, 1.165) is 53.8 Å². The molecule has 0 fully saturated rings. The zero-order chi connectivity index (χ0) is 38.6. The Morgan fingerprint density at radius 1 is 0.692 bits per heavy atom. The smallest absolute Gasteiger partial charge is 0.416 e. The van der Waals surface area contributed by atoms with Crippen molar-refractivity contribution in [3.05, 3.63) is 123 Å². The Balaban J connectivity index is 0.000000223. The number of carboxylic acids is 1. The van der Waals surface area contributed by atoms with E-state index in [2.05, 4.69) is 15.9 Å². The van der Waals surface area contributed by atoms with E-state index in [-0.39, 0.29) is 23.4 Å². The summed E-state index contributed by atoms with van der Waals surface area (Å²) in [4.78, 5) is 22.5. The van der Waals surface area contributed by atoms with Crippen molar-refractivity contribution >= 4 is 27.9 Å². The molecule has 2 N–H and O–H groups in total. The van der Waals surface area contributed by atoms with Gasteiger partial charge in [-0.15, -0.1) is 0 Å². The zero-order valence-electron chi connectivity index (χ0n) is 28.7. The minimum atomic E-state index is -4.43. The molecule has 4 aromatic carbocycles. The molecule has 6 rings (SSSR count). The molecule has 0 saturated carbocycles. The molecule has 0 bridgehead atoms. The molecule has 0 saturated heterocycles. The van der Waals surface area contributed by atoms with Crippen molar-refractivity contribution < 1.29 is 55.6 Å². The summed E-state index contributed by atoms with van der Waals surface area (Å²) >= 11 is 2.95. The molecule has 0 amide bonds. The maximum absolute atomic E-state index is 12.7. The molecule has 4 aromatic rings. The maximum atomic E-state index is 12.7. The van der Waals surface area contributed by atoms with Crippen LogP contribution in [0.5, 0.6) is 17.2 Å². The second-order valence-electron chi connectivity index (χ2n) is 11.8. The van der Waals surface area contributed by atoms with Gasteiger partial charge >= 0.3 is 24.3 Å². The summed E-state index contributed by atoms with van der Waals surface area (Å²) in [6, 6.07) is 20.3. The zero-order valence-corrected chi connectivity index (χ0v) is 30.2. The summed E-state index contributed by atoms with van der Waals surface area (Å²) in [5, 5.41) is 18.5. The highest BCUT2D eigenvalue weighted by Gasteiger charge is 2.31. The van der Waals surface area contributed by atoms with Gasteiger partial charge in [0.1, 0.15) is 17.2 Å². The second kappa shape index (κ2) is 18.8. The average molecular weight is 798 g/mol. The first-order valence-electron chi connectivity index (χ1n) is 16.4. The number of carboxylic acid groups (broad SMARTS) is 1. The number of halogens is 7. The van der Waals surface area contributed by atoms with Crippen molar-refractivity contribution in [2.75, 3.05) is 7.11 Å². The van der Waals surface area contributed by atoms with Gasteiger partial charge in [0, 0.05) is 4.47 Å². The number of phenolic OH excluding ortho intramolecular Hbond substituents is 1. The van der Waals surface area contributed by atoms with Crippen molar-refractivity contribution in [3.8, 4) is 17.2 Å². The first kappa shape index (κ1) is 41.9. The number of aromatic hydroxyl groups is 1. The van der Waals surface area contributed by atoms with E-state index in [1.807, 2.05) is 26.0 Å². The highest BCUT2D eigenvalue weighted by molar-refractivity contribution is 9.10. The second-order valence-corrected chi connectivity index (χ2v) is 12.7. The van der Waals surface area contributed by atoms with Crippen LogP contribution in [0.4, 0.5) is 26.3 Å². The number of carbonyl (C=O) groups excluding carboxylic acids is 1. The van der Waals surface area contributed by atoms with Crippen LogP contribution in [0.2, 0.25) is 0 Å². The topological polar surface area (TPSA) is 93.1 Å². The summed E-state index contributed by atoms with van der Waals surface area (Å²) in [6.45, 7) is 4.00. The number of hydrogen-bond donors (Lipinski definition) is 2. The fraction of sp³-hybridized carbons (Fsp3) is 0.333. The molecule has 0 aliphatic heterocycles. The van der Waals surface area contributed by atoms with Gasteiger partial charge in [0.2, 0.25) is 0 Å². The predicted molar refractivity (Wildman–Crippen MR) is 187 cm³/mol. The number of methoxy groups -OCH3 is 1.